The molecule has 0 aromatic heterocycles. The van der Waals surface area contributed by atoms with Crippen molar-refractivity contribution in [2.75, 3.05) is 19.6 Å². The molecular formula is C10H20N2. The maximum absolute atomic E-state index is 3.81. The van der Waals surface area contributed by atoms with Crippen molar-refractivity contribution in [2.45, 2.75) is 32.4 Å². The van der Waals surface area contributed by atoms with Crippen LogP contribution in [0.25, 0.3) is 0 Å². The lowest BCUT2D eigenvalue weighted by Crippen LogP contribution is -2.55. The van der Waals surface area contributed by atoms with Crippen molar-refractivity contribution in [1.29, 1.82) is 0 Å². The van der Waals surface area contributed by atoms with E-state index >= 15 is 0 Å². The molecule has 0 bridgehead atoms. The van der Waals surface area contributed by atoms with Gasteiger partial charge < -0.3 is 5.32 Å². The topological polar surface area (TPSA) is 15.3 Å². The molecular weight excluding hydrogens is 148 g/mol. The highest BCUT2D eigenvalue weighted by Crippen LogP contribution is 2.15. The van der Waals surface area contributed by atoms with E-state index in [-0.39, 0.29) is 0 Å². The van der Waals surface area contributed by atoms with Gasteiger partial charge in [0.1, 0.15) is 0 Å². The molecule has 2 heteroatoms. The van der Waals surface area contributed by atoms with Crippen molar-refractivity contribution >= 4 is 0 Å². The van der Waals surface area contributed by atoms with E-state index in [1.54, 1.807) is 0 Å². The Labute approximate surface area is 75.6 Å². The van der Waals surface area contributed by atoms with Crippen LogP contribution in [0.3, 0.4) is 0 Å². The quantitative estimate of drug-likeness (QED) is 0.593. The van der Waals surface area contributed by atoms with Gasteiger partial charge in [-0.3, -0.25) is 4.90 Å². The summed E-state index contributed by atoms with van der Waals surface area (Å²) in [5, 5.41) is 3.41. The van der Waals surface area contributed by atoms with Gasteiger partial charge in [0, 0.05) is 31.2 Å². The van der Waals surface area contributed by atoms with Crippen LogP contribution < -0.4 is 5.32 Å². The molecule has 12 heavy (non-hydrogen) atoms. The van der Waals surface area contributed by atoms with Gasteiger partial charge in [0.05, 0.1) is 0 Å². The molecule has 1 N–H and O–H groups in total. The first kappa shape index (κ1) is 9.75. The SMILES string of the molecule is C=C[C@H]1CN(C(C)(C)C)CCN1. The van der Waals surface area contributed by atoms with Gasteiger partial charge in [0.15, 0.2) is 0 Å². The molecule has 0 radical (unpaired) electrons. The maximum Gasteiger partial charge on any atom is 0.0376 e. The second-order valence-corrected chi connectivity index (χ2v) is 4.41. The summed E-state index contributed by atoms with van der Waals surface area (Å²) in [6.07, 6.45) is 2.00. The molecule has 0 aliphatic carbocycles. The lowest BCUT2D eigenvalue weighted by molar-refractivity contribution is 0.106. The summed E-state index contributed by atoms with van der Waals surface area (Å²) < 4.78 is 0. The van der Waals surface area contributed by atoms with Crippen LogP contribution in [0.15, 0.2) is 12.7 Å². The van der Waals surface area contributed by atoms with Gasteiger partial charge in [-0.2, -0.15) is 0 Å². The fourth-order valence-corrected chi connectivity index (χ4v) is 1.55. The van der Waals surface area contributed by atoms with Gasteiger partial charge in [-0.05, 0) is 20.8 Å². The molecule has 1 aliphatic rings. The van der Waals surface area contributed by atoms with Crippen molar-refractivity contribution in [3.05, 3.63) is 12.7 Å². The first-order chi connectivity index (χ1) is 5.54. The summed E-state index contributed by atoms with van der Waals surface area (Å²) in [6.45, 7) is 13.9. The first-order valence-electron chi connectivity index (χ1n) is 4.65. The molecule has 0 aromatic carbocycles. The van der Waals surface area contributed by atoms with E-state index < -0.39 is 0 Å². The summed E-state index contributed by atoms with van der Waals surface area (Å²) in [7, 11) is 0. The van der Waals surface area contributed by atoms with Crippen LogP contribution in [0.1, 0.15) is 20.8 Å². The molecule has 2 nitrogen and oxygen atoms in total. The second kappa shape index (κ2) is 3.58. The van der Waals surface area contributed by atoms with E-state index in [0.717, 1.165) is 19.6 Å². The van der Waals surface area contributed by atoms with Crippen molar-refractivity contribution < 1.29 is 0 Å². The second-order valence-electron chi connectivity index (χ2n) is 4.41. The molecule has 1 rings (SSSR count). The Balaban J connectivity index is 2.51. The number of nitrogens with one attached hydrogen (secondary N) is 1. The van der Waals surface area contributed by atoms with Crippen LogP contribution >= 0.6 is 0 Å². The van der Waals surface area contributed by atoms with Gasteiger partial charge in [0.2, 0.25) is 0 Å². The van der Waals surface area contributed by atoms with Gasteiger partial charge in [0.25, 0.3) is 0 Å². The Morgan fingerprint density at radius 3 is 2.67 bits per heavy atom. The smallest absolute Gasteiger partial charge is 0.0376 e. The average Bonchev–Trinajstić information content (AvgIpc) is 2.03. The molecule has 1 heterocycles. The van der Waals surface area contributed by atoms with Crippen LogP contribution in [0.2, 0.25) is 0 Å². The lowest BCUT2D eigenvalue weighted by Gasteiger charge is -2.41. The Morgan fingerprint density at radius 2 is 2.17 bits per heavy atom. The third-order valence-electron chi connectivity index (χ3n) is 2.44. The summed E-state index contributed by atoms with van der Waals surface area (Å²) >= 11 is 0. The monoisotopic (exact) mass is 168 g/mol. The van der Waals surface area contributed by atoms with E-state index in [4.69, 9.17) is 0 Å². The lowest BCUT2D eigenvalue weighted by atomic mass is 10.0. The molecule has 0 spiro atoms. The zero-order chi connectivity index (χ0) is 9.19. The minimum Gasteiger partial charge on any atom is -0.308 e. The zero-order valence-electron chi connectivity index (χ0n) is 8.43. The van der Waals surface area contributed by atoms with Crippen molar-refractivity contribution in [2.24, 2.45) is 0 Å². The van der Waals surface area contributed by atoms with Crippen LogP contribution in [0.4, 0.5) is 0 Å². The molecule has 70 valence electrons. The fraction of sp³-hybridized carbons (Fsp3) is 0.800. The van der Waals surface area contributed by atoms with Gasteiger partial charge in [-0.1, -0.05) is 6.08 Å². The average molecular weight is 168 g/mol. The molecule has 1 atom stereocenters. The molecule has 1 fully saturated rings. The third-order valence-corrected chi connectivity index (χ3v) is 2.44. The summed E-state index contributed by atoms with van der Waals surface area (Å²) in [5.74, 6) is 0. The minimum atomic E-state index is 0.295. The summed E-state index contributed by atoms with van der Waals surface area (Å²) in [4.78, 5) is 2.50. The normalized spacial score (nSPS) is 27.1. The standard InChI is InChI=1S/C10H20N2/c1-5-9-8-12(7-6-11-9)10(2,3)4/h5,9,11H,1,6-8H2,2-4H3/t9-/m0/s1. The molecule has 0 aromatic rings. The number of piperazine rings is 1. The van der Waals surface area contributed by atoms with E-state index in [1.165, 1.54) is 0 Å². The summed E-state index contributed by atoms with van der Waals surface area (Å²) in [6, 6.07) is 0.470. The van der Waals surface area contributed by atoms with Crippen LogP contribution in [0.5, 0.6) is 0 Å². The van der Waals surface area contributed by atoms with Gasteiger partial charge in [-0.15, -0.1) is 6.58 Å². The number of nitrogens with zero attached hydrogens (tertiary/aromatic N) is 1. The molecule has 1 saturated heterocycles. The van der Waals surface area contributed by atoms with Gasteiger partial charge >= 0.3 is 0 Å². The maximum atomic E-state index is 3.81. The highest BCUT2D eigenvalue weighted by molar-refractivity contribution is 4.94. The Morgan fingerprint density at radius 1 is 1.50 bits per heavy atom. The van der Waals surface area contributed by atoms with Gasteiger partial charge in [-0.25, -0.2) is 0 Å². The Hall–Kier alpha value is -0.340. The Kier molecular flexibility index (Phi) is 2.91. The van der Waals surface area contributed by atoms with Crippen molar-refractivity contribution in [3.8, 4) is 0 Å². The van der Waals surface area contributed by atoms with E-state index in [0.29, 0.717) is 11.6 Å². The van der Waals surface area contributed by atoms with Crippen molar-refractivity contribution in [3.63, 3.8) is 0 Å². The number of hydrogen-bond donors (Lipinski definition) is 1. The predicted molar refractivity (Wildman–Crippen MR) is 53.3 cm³/mol. The van der Waals surface area contributed by atoms with Crippen LogP contribution in [-0.4, -0.2) is 36.1 Å². The van der Waals surface area contributed by atoms with Crippen LogP contribution in [-0.2, 0) is 0 Å². The van der Waals surface area contributed by atoms with Crippen LogP contribution in [0, 0.1) is 0 Å². The third kappa shape index (κ3) is 2.32. The molecule has 0 amide bonds. The minimum absolute atomic E-state index is 0.295. The van der Waals surface area contributed by atoms with E-state index in [2.05, 4.69) is 37.6 Å². The molecule has 0 saturated carbocycles. The highest BCUT2D eigenvalue weighted by Gasteiger charge is 2.25. The molecule has 0 unspecified atom stereocenters. The molecule has 1 aliphatic heterocycles. The first-order valence-corrected chi connectivity index (χ1v) is 4.65. The van der Waals surface area contributed by atoms with Crippen molar-refractivity contribution in [1.82, 2.24) is 10.2 Å². The highest BCUT2D eigenvalue weighted by atomic mass is 15.2. The number of rotatable bonds is 1. The fourth-order valence-electron chi connectivity index (χ4n) is 1.55. The van der Waals surface area contributed by atoms with E-state index in [1.807, 2.05) is 6.08 Å². The number of hydrogen-bond acceptors (Lipinski definition) is 2. The zero-order valence-corrected chi connectivity index (χ0v) is 8.43. The predicted octanol–water partition coefficient (Wildman–Crippen LogP) is 1.24. The largest absolute Gasteiger partial charge is 0.308 e. The van der Waals surface area contributed by atoms with E-state index in [9.17, 15) is 0 Å². The Bertz CT molecular complexity index is 158. The summed E-state index contributed by atoms with van der Waals surface area (Å²) in [5.41, 5.74) is 0.295.